The zero-order valence-corrected chi connectivity index (χ0v) is 16.3. The summed E-state index contributed by atoms with van der Waals surface area (Å²) >= 11 is 6.04. The van der Waals surface area contributed by atoms with Gasteiger partial charge in [-0.15, -0.1) is 0 Å². The first kappa shape index (κ1) is 21.3. The summed E-state index contributed by atoms with van der Waals surface area (Å²) in [6.45, 7) is 3.49. The number of esters is 2. The molecule has 0 aliphatic heterocycles. The number of halogens is 1. The number of ether oxygens (including phenoxy) is 2. The normalized spacial score (nSPS) is 10.9. The van der Waals surface area contributed by atoms with Crippen molar-refractivity contribution in [3.8, 4) is 0 Å². The summed E-state index contributed by atoms with van der Waals surface area (Å²) in [7, 11) is 0. The van der Waals surface area contributed by atoms with Crippen molar-refractivity contribution < 1.29 is 23.9 Å². The lowest BCUT2D eigenvalue weighted by Gasteiger charge is -2.11. The van der Waals surface area contributed by atoms with Gasteiger partial charge in [-0.2, -0.15) is 0 Å². The average molecular weight is 402 g/mol. The fraction of sp³-hybridized carbons (Fsp3) is 0.238. The summed E-state index contributed by atoms with van der Waals surface area (Å²) in [6.07, 6.45) is 1.13. The van der Waals surface area contributed by atoms with E-state index in [1.807, 2.05) is 0 Å². The van der Waals surface area contributed by atoms with Crippen molar-refractivity contribution in [1.82, 2.24) is 0 Å². The van der Waals surface area contributed by atoms with E-state index in [0.717, 1.165) is 6.21 Å². The van der Waals surface area contributed by atoms with E-state index in [4.69, 9.17) is 21.1 Å². The number of hydrogen-bond acceptors (Lipinski definition) is 6. The monoisotopic (exact) mass is 401 g/mol. The standard InChI is InChI=1S/C21H20ClNO5/c1-3-27-20(25)17(21(26)28-4-2)13-23-18-11-10-15(22)12-16(18)19(24)14-8-6-5-7-9-14/h5-13,17H,3-4H2,1-2H3. The van der Waals surface area contributed by atoms with E-state index < -0.39 is 17.9 Å². The summed E-state index contributed by atoms with van der Waals surface area (Å²) in [5, 5.41) is 0.366. The second-order valence-electron chi connectivity index (χ2n) is 5.62. The topological polar surface area (TPSA) is 82.0 Å². The number of carbonyl (C=O) groups is 3. The molecule has 146 valence electrons. The minimum atomic E-state index is -1.32. The number of benzene rings is 2. The Morgan fingerprint density at radius 2 is 1.61 bits per heavy atom. The van der Waals surface area contributed by atoms with E-state index in [0.29, 0.717) is 10.6 Å². The van der Waals surface area contributed by atoms with E-state index in [9.17, 15) is 14.4 Å². The molecule has 0 atom stereocenters. The third-order valence-corrected chi connectivity index (χ3v) is 3.92. The Labute approximate surface area is 168 Å². The van der Waals surface area contributed by atoms with Crippen LogP contribution in [0.5, 0.6) is 0 Å². The van der Waals surface area contributed by atoms with Crippen molar-refractivity contribution >= 4 is 41.2 Å². The molecule has 0 aliphatic carbocycles. The number of rotatable bonds is 8. The van der Waals surface area contributed by atoms with E-state index in [1.54, 1.807) is 56.3 Å². The lowest BCUT2D eigenvalue weighted by Crippen LogP contribution is -2.29. The molecular formula is C21H20ClNO5. The van der Waals surface area contributed by atoms with Crippen LogP contribution in [0, 0.1) is 5.92 Å². The van der Waals surface area contributed by atoms with Crippen LogP contribution >= 0.6 is 11.6 Å². The predicted molar refractivity (Wildman–Crippen MR) is 106 cm³/mol. The van der Waals surface area contributed by atoms with E-state index in [1.165, 1.54) is 6.07 Å². The van der Waals surface area contributed by atoms with Gasteiger partial charge in [-0.1, -0.05) is 41.9 Å². The molecule has 0 radical (unpaired) electrons. The quantitative estimate of drug-likeness (QED) is 0.289. The van der Waals surface area contributed by atoms with Gasteiger partial charge in [0.25, 0.3) is 0 Å². The van der Waals surface area contributed by atoms with Gasteiger partial charge < -0.3 is 9.47 Å². The molecule has 0 saturated heterocycles. The maximum atomic E-state index is 12.8. The Kier molecular flexibility index (Phi) is 7.89. The molecule has 0 fully saturated rings. The van der Waals surface area contributed by atoms with Gasteiger partial charge >= 0.3 is 11.9 Å². The summed E-state index contributed by atoms with van der Waals surface area (Å²) in [5.41, 5.74) is 0.992. The Bertz CT molecular complexity index is 862. The van der Waals surface area contributed by atoms with Gasteiger partial charge in [0.2, 0.25) is 0 Å². The summed E-state index contributed by atoms with van der Waals surface area (Å²) in [6, 6.07) is 13.3. The van der Waals surface area contributed by atoms with Gasteiger partial charge in [0.1, 0.15) is 0 Å². The molecule has 0 spiro atoms. The molecule has 2 aromatic carbocycles. The number of aliphatic imine (C=N–C) groups is 1. The molecule has 28 heavy (non-hydrogen) atoms. The highest BCUT2D eigenvalue weighted by Crippen LogP contribution is 2.26. The highest BCUT2D eigenvalue weighted by Gasteiger charge is 2.28. The van der Waals surface area contributed by atoms with Crippen molar-refractivity contribution in [2.24, 2.45) is 10.9 Å². The fourth-order valence-corrected chi connectivity index (χ4v) is 2.56. The smallest absolute Gasteiger partial charge is 0.325 e. The highest BCUT2D eigenvalue weighted by molar-refractivity contribution is 6.31. The van der Waals surface area contributed by atoms with Gasteiger partial charge in [0, 0.05) is 22.4 Å². The van der Waals surface area contributed by atoms with Crippen LogP contribution in [-0.4, -0.2) is 37.2 Å². The zero-order valence-electron chi connectivity index (χ0n) is 15.6. The Morgan fingerprint density at radius 1 is 1.00 bits per heavy atom. The molecule has 2 rings (SSSR count). The average Bonchev–Trinajstić information content (AvgIpc) is 2.69. The van der Waals surface area contributed by atoms with E-state index >= 15 is 0 Å². The summed E-state index contributed by atoms with van der Waals surface area (Å²) in [5.74, 6) is -3.14. The molecule has 7 heteroatoms. The maximum absolute atomic E-state index is 12.8. The minimum absolute atomic E-state index is 0.112. The first-order valence-corrected chi connectivity index (χ1v) is 9.12. The van der Waals surface area contributed by atoms with E-state index in [2.05, 4.69) is 4.99 Å². The summed E-state index contributed by atoms with van der Waals surface area (Å²) < 4.78 is 9.81. The predicted octanol–water partition coefficient (Wildman–Crippen LogP) is 4.02. The van der Waals surface area contributed by atoms with Crippen LogP contribution in [0.25, 0.3) is 0 Å². The van der Waals surface area contributed by atoms with Crippen LogP contribution in [0.4, 0.5) is 5.69 Å². The Morgan fingerprint density at radius 3 is 2.18 bits per heavy atom. The second-order valence-corrected chi connectivity index (χ2v) is 6.05. The molecule has 0 bridgehead atoms. The third kappa shape index (κ3) is 5.50. The largest absolute Gasteiger partial charge is 0.465 e. The third-order valence-electron chi connectivity index (χ3n) is 3.68. The SMILES string of the molecule is CCOC(=O)C(C=Nc1ccc(Cl)cc1C(=O)c1ccccc1)C(=O)OCC. The van der Waals surface area contributed by atoms with Gasteiger partial charge in [-0.25, -0.2) is 0 Å². The molecule has 6 nitrogen and oxygen atoms in total. The Hall–Kier alpha value is -2.99. The van der Waals surface area contributed by atoms with Gasteiger partial charge in [0.05, 0.1) is 18.9 Å². The first-order valence-electron chi connectivity index (χ1n) is 8.74. The van der Waals surface area contributed by atoms with Crippen molar-refractivity contribution in [3.63, 3.8) is 0 Å². The lowest BCUT2D eigenvalue weighted by atomic mass is 10.0. The number of nitrogens with zero attached hydrogens (tertiary/aromatic N) is 1. The maximum Gasteiger partial charge on any atom is 0.325 e. The van der Waals surface area contributed by atoms with Crippen LogP contribution < -0.4 is 0 Å². The van der Waals surface area contributed by atoms with Crippen LogP contribution in [0.1, 0.15) is 29.8 Å². The lowest BCUT2D eigenvalue weighted by molar-refractivity contribution is -0.157. The Balaban J connectivity index is 2.39. The molecule has 0 aliphatic rings. The van der Waals surface area contributed by atoms with Gasteiger partial charge in [-0.05, 0) is 32.0 Å². The molecular weight excluding hydrogens is 382 g/mol. The number of ketones is 1. The fourth-order valence-electron chi connectivity index (χ4n) is 2.38. The van der Waals surface area contributed by atoms with Gasteiger partial charge in [0.15, 0.2) is 11.7 Å². The highest BCUT2D eigenvalue weighted by atomic mass is 35.5. The summed E-state index contributed by atoms with van der Waals surface area (Å²) in [4.78, 5) is 41.2. The minimum Gasteiger partial charge on any atom is -0.465 e. The molecule has 0 N–H and O–H groups in total. The molecule has 0 amide bonds. The molecule has 0 saturated carbocycles. The first-order chi connectivity index (χ1) is 13.5. The van der Waals surface area contributed by atoms with E-state index in [-0.39, 0.29) is 30.2 Å². The van der Waals surface area contributed by atoms with Crippen LogP contribution in [0.15, 0.2) is 53.5 Å². The van der Waals surface area contributed by atoms with Gasteiger partial charge in [-0.3, -0.25) is 19.4 Å². The van der Waals surface area contributed by atoms with Crippen LogP contribution in [0.2, 0.25) is 5.02 Å². The number of carbonyl (C=O) groups excluding carboxylic acids is 3. The zero-order chi connectivity index (χ0) is 20.5. The van der Waals surface area contributed by atoms with Crippen LogP contribution in [-0.2, 0) is 19.1 Å². The molecule has 0 unspecified atom stereocenters. The van der Waals surface area contributed by atoms with Crippen molar-refractivity contribution in [1.29, 1.82) is 0 Å². The molecule has 0 heterocycles. The number of hydrogen-bond donors (Lipinski definition) is 0. The molecule has 2 aromatic rings. The molecule has 0 aromatic heterocycles. The van der Waals surface area contributed by atoms with Crippen molar-refractivity contribution in [3.05, 3.63) is 64.7 Å². The van der Waals surface area contributed by atoms with Crippen LogP contribution in [0.3, 0.4) is 0 Å². The van der Waals surface area contributed by atoms with Crippen molar-refractivity contribution in [2.75, 3.05) is 13.2 Å². The second kappa shape index (κ2) is 10.4. The van der Waals surface area contributed by atoms with Crippen molar-refractivity contribution in [2.45, 2.75) is 13.8 Å².